The molecule has 0 fully saturated rings. The first kappa shape index (κ1) is 15.5. The molecule has 1 rings (SSSR count). The van der Waals surface area contributed by atoms with E-state index in [1.165, 1.54) is 24.3 Å². The van der Waals surface area contributed by atoms with Gasteiger partial charge in [0.05, 0.1) is 7.11 Å². The average Bonchev–Trinajstić information content (AvgIpc) is 2.15. The molecule has 0 aliphatic heterocycles. The minimum Gasteiger partial charge on any atom is -1.00 e. The van der Waals surface area contributed by atoms with Crippen LogP contribution in [0.15, 0.2) is 24.3 Å². The van der Waals surface area contributed by atoms with Crippen molar-refractivity contribution in [1.82, 2.24) is 0 Å². The third-order valence-corrected chi connectivity index (χ3v) is 3.62. The van der Waals surface area contributed by atoms with E-state index in [9.17, 15) is 18.0 Å². The Hall–Kier alpha value is -0.500. The highest BCUT2D eigenvalue weighted by atomic mass is 127. The molecule has 0 N–H and O–H groups in total. The summed E-state index contributed by atoms with van der Waals surface area (Å²) < 4.78 is 36.8. The van der Waals surface area contributed by atoms with Crippen molar-refractivity contribution >= 4 is 5.97 Å². The zero-order valence-electron chi connectivity index (χ0n) is 8.02. The Bertz CT molecular complexity index is 368. The molecule has 1 aromatic carbocycles. The fourth-order valence-electron chi connectivity index (χ4n) is 0.935. The van der Waals surface area contributed by atoms with Crippen molar-refractivity contribution in [2.24, 2.45) is 0 Å². The maximum atomic E-state index is 12.2. The summed E-state index contributed by atoms with van der Waals surface area (Å²) in [7, 11) is 1.14. The quantitative estimate of drug-likeness (QED) is 0.306. The Balaban J connectivity index is 0.00000225. The second-order valence-corrected chi connectivity index (χ2v) is 5.42. The highest BCUT2D eigenvalue weighted by Crippen LogP contribution is 2.03. The second-order valence-electron chi connectivity index (χ2n) is 2.49. The summed E-state index contributed by atoms with van der Waals surface area (Å²) in [4.78, 5) is 11.1. The molecule has 0 aromatic heterocycles. The van der Waals surface area contributed by atoms with Crippen LogP contribution in [0.1, 0.15) is 10.4 Å². The number of methoxy groups -OCH3 is 1. The molecule has 0 radical (unpaired) electrons. The Kier molecular flexibility index (Phi) is 6.09. The van der Waals surface area contributed by atoms with Gasteiger partial charge in [-0.25, -0.2) is 4.79 Å². The lowest BCUT2D eigenvalue weighted by Crippen LogP contribution is -3.67. The monoisotopic (exact) mass is 366 g/mol. The highest BCUT2D eigenvalue weighted by Gasteiger charge is 2.49. The van der Waals surface area contributed by atoms with Crippen molar-refractivity contribution in [1.29, 1.82) is 0 Å². The van der Waals surface area contributed by atoms with Crippen LogP contribution in [0.3, 0.4) is 0 Å². The van der Waals surface area contributed by atoms with Gasteiger partial charge in [0.25, 0.3) is 0 Å². The Morgan fingerprint density at radius 3 is 2.38 bits per heavy atom. The lowest BCUT2D eigenvalue weighted by molar-refractivity contribution is -0.793. The topological polar surface area (TPSA) is 26.3 Å². The lowest BCUT2D eigenvalue weighted by atomic mass is 10.2. The van der Waals surface area contributed by atoms with E-state index in [2.05, 4.69) is 4.74 Å². The lowest BCUT2D eigenvalue weighted by Gasteiger charge is -1.98. The number of esters is 1. The number of halogens is 5. The van der Waals surface area contributed by atoms with E-state index in [1.807, 2.05) is 0 Å². The van der Waals surface area contributed by atoms with Crippen LogP contribution in [0, 0.1) is 3.57 Å². The zero-order valence-corrected chi connectivity index (χ0v) is 10.9. The number of rotatable bonds is 2. The van der Waals surface area contributed by atoms with Gasteiger partial charge in [0.15, 0.2) is 0 Å². The smallest absolute Gasteiger partial charge is 0.609 e. The third kappa shape index (κ3) is 4.56. The van der Waals surface area contributed by atoms with Gasteiger partial charge in [0, 0.05) is 0 Å². The predicted octanol–water partition coefficient (Wildman–Crippen LogP) is -3.74. The van der Waals surface area contributed by atoms with E-state index in [-0.39, 0.29) is 21.5 Å². The number of benzene rings is 1. The van der Waals surface area contributed by atoms with E-state index in [0.29, 0.717) is 0 Å². The molecule has 2 nitrogen and oxygen atoms in total. The molecule has 0 heterocycles. The van der Waals surface area contributed by atoms with Crippen LogP contribution in [-0.4, -0.2) is 17.3 Å². The van der Waals surface area contributed by atoms with Gasteiger partial charge in [0.2, 0.25) is 3.57 Å². The minimum atomic E-state index is -4.22. The molecule has 7 heteroatoms. The molecular formula is C9H7ClF3IO2. The normalized spacial score (nSPS) is 10.5. The van der Waals surface area contributed by atoms with Gasteiger partial charge in [-0.3, -0.25) is 0 Å². The standard InChI is InChI=1S/C9H7F3IO2.ClH/c1-15-8(14)6-4-2-3-5-7(6)13-9(10,11)12;/h2-5H,1H3;1H/q+1;/p-1. The fraction of sp³-hybridized carbons (Fsp3) is 0.222. The molecule has 0 saturated heterocycles. The van der Waals surface area contributed by atoms with Crippen molar-refractivity contribution in [2.45, 2.75) is 4.18 Å². The van der Waals surface area contributed by atoms with Crippen LogP contribution < -0.4 is 33.6 Å². The summed E-state index contributed by atoms with van der Waals surface area (Å²) in [5.74, 6) is -0.727. The van der Waals surface area contributed by atoms with Gasteiger partial charge in [-0.1, -0.05) is 12.1 Å². The Morgan fingerprint density at radius 1 is 1.31 bits per heavy atom. The average molecular weight is 367 g/mol. The Labute approximate surface area is 107 Å². The maximum Gasteiger partial charge on any atom is 0.609 e. The molecule has 0 bridgehead atoms. The fourth-order valence-corrected chi connectivity index (χ4v) is 2.67. The number of carbonyl (C=O) groups is 1. The minimum absolute atomic E-state index is 0. The summed E-state index contributed by atoms with van der Waals surface area (Å²) in [6.07, 6.45) is 0. The van der Waals surface area contributed by atoms with E-state index < -0.39 is 31.4 Å². The van der Waals surface area contributed by atoms with Crippen LogP contribution in [0.25, 0.3) is 0 Å². The van der Waals surface area contributed by atoms with E-state index in [0.717, 1.165) is 7.11 Å². The summed E-state index contributed by atoms with van der Waals surface area (Å²) >= 11 is -2.18. The largest absolute Gasteiger partial charge is 1.00 e. The van der Waals surface area contributed by atoms with Crippen molar-refractivity contribution in [3.05, 3.63) is 33.4 Å². The molecule has 0 unspecified atom stereocenters. The molecule has 16 heavy (non-hydrogen) atoms. The van der Waals surface area contributed by atoms with Crippen molar-refractivity contribution in [2.75, 3.05) is 7.11 Å². The molecular weight excluding hydrogens is 359 g/mol. The van der Waals surface area contributed by atoms with Crippen molar-refractivity contribution < 1.29 is 56.3 Å². The van der Waals surface area contributed by atoms with Crippen LogP contribution in [-0.2, 0) is 4.74 Å². The maximum absolute atomic E-state index is 12.2. The van der Waals surface area contributed by atoms with Gasteiger partial charge in [-0.15, -0.1) is 13.2 Å². The molecule has 0 saturated carbocycles. The number of ether oxygens (including phenoxy) is 1. The first-order valence-corrected chi connectivity index (χ1v) is 6.00. The van der Waals surface area contributed by atoms with E-state index >= 15 is 0 Å². The number of hydrogen-bond acceptors (Lipinski definition) is 2. The molecule has 0 aliphatic rings. The third-order valence-electron chi connectivity index (χ3n) is 1.49. The molecule has 0 atom stereocenters. The van der Waals surface area contributed by atoms with Gasteiger partial charge >= 0.3 is 31.4 Å². The van der Waals surface area contributed by atoms with Crippen LogP contribution in [0.2, 0.25) is 0 Å². The van der Waals surface area contributed by atoms with Crippen molar-refractivity contribution in [3.8, 4) is 0 Å². The summed E-state index contributed by atoms with van der Waals surface area (Å²) in [6.45, 7) is 0. The first-order valence-electron chi connectivity index (χ1n) is 3.84. The van der Waals surface area contributed by atoms with Gasteiger partial charge < -0.3 is 17.1 Å². The van der Waals surface area contributed by atoms with Gasteiger partial charge in [0.1, 0.15) is 5.56 Å². The number of hydrogen-bond donors (Lipinski definition) is 0. The second kappa shape index (κ2) is 6.29. The SMILES string of the molecule is COC(=O)c1ccccc1[I+]C(F)(F)F.[Cl-]. The number of carbonyl (C=O) groups excluding carboxylic acids is 1. The first-order chi connectivity index (χ1) is 6.94. The van der Waals surface area contributed by atoms with Crippen LogP contribution in [0.5, 0.6) is 0 Å². The summed E-state index contributed by atoms with van der Waals surface area (Å²) in [6, 6.07) is 5.64. The van der Waals surface area contributed by atoms with Crippen LogP contribution >= 0.6 is 0 Å². The zero-order chi connectivity index (χ0) is 11.5. The molecule has 90 valence electrons. The summed E-state index contributed by atoms with van der Waals surface area (Å²) in [5, 5.41) is 0. The van der Waals surface area contributed by atoms with E-state index in [4.69, 9.17) is 0 Å². The molecule has 0 aliphatic carbocycles. The summed E-state index contributed by atoms with van der Waals surface area (Å²) in [5.41, 5.74) is 0.00475. The molecule has 0 amide bonds. The Morgan fingerprint density at radius 2 is 1.88 bits per heavy atom. The van der Waals surface area contributed by atoms with Crippen molar-refractivity contribution in [3.63, 3.8) is 0 Å². The molecule has 1 aromatic rings. The predicted molar refractivity (Wildman–Crippen MR) is 42.5 cm³/mol. The van der Waals surface area contributed by atoms with Crippen LogP contribution in [0.4, 0.5) is 13.2 Å². The number of alkyl halides is 4. The van der Waals surface area contributed by atoms with Gasteiger partial charge in [-0.2, -0.15) is 0 Å². The highest BCUT2D eigenvalue weighted by molar-refractivity contribution is 5.88. The van der Waals surface area contributed by atoms with E-state index in [1.54, 1.807) is 0 Å². The molecule has 0 spiro atoms. The van der Waals surface area contributed by atoms with Gasteiger partial charge in [-0.05, 0) is 12.1 Å².